The zero-order chi connectivity index (χ0) is 20.9. The van der Waals surface area contributed by atoms with Crippen LogP contribution in [0.25, 0.3) is 0 Å². The van der Waals surface area contributed by atoms with Crippen LogP contribution < -0.4 is 0 Å². The van der Waals surface area contributed by atoms with Crippen molar-refractivity contribution in [2.24, 2.45) is 5.92 Å². The largest absolute Gasteiger partial charge is 0.458 e. The number of nitrogens with zero attached hydrogens (tertiary/aromatic N) is 1. The second kappa shape index (κ2) is 9.25. The molecule has 4 heteroatoms. The first-order valence-corrected chi connectivity index (χ1v) is 10.4. The first kappa shape index (κ1) is 21.1. The SMILES string of the molecule is CC(C)(C)OC(=O)[C@H](Cc1ccccc1)N1CCC(CCc2ccccc2)C1=O. The van der Waals surface area contributed by atoms with Gasteiger partial charge in [0.2, 0.25) is 5.91 Å². The Balaban J connectivity index is 1.71. The van der Waals surface area contributed by atoms with E-state index in [4.69, 9.17) is 4.74 Å². The van der Waals surface area contributed by atoms with Gasteiger partial charge in [-0.1, -0.05) is 60.7 Å². The molecule has 1 aliphatic heterocycles. The molecule has 1 fully saturated rings. The molecule has 29 heavy (non-hydrogen) atoms. The van der Waals surface area contributed by atoms with Gasteiger partial charge >= 0.3 is 5.97 Å². The third-order valence-corrected chi connectivity index (χ3v) is 5.30. The minimum Gasteiger partial charge on any atom is -0.458 e. The van der Waals surface area contributed by atoms with Crippen LogP contribution in [0.1, 0.15) is 44.7 Å². The van der Waals surface area contributed by atoms with Crippen LogP contribution in [0.4, 0.5) is 0 Å². The van der Waals surface area contributed by atoms with Gasteiger partial charge in [0, 0.05) is 18.9 Å². The molecule has 0 spiro atoms. The summed E-state index contributed by atoms with van der Waals surface area (Å²) in [5.74, 6) is -0.276. The predicted octanol–water partition coefficient (Wildman–Crippen LogP) is 4.42. The smallest absolute Gasteiger partial charge is 0.329 e. The Morgan fingerprint density at radius 2 is 1.62 bits per heavy atom. The van der Waals surface area contributed by atoms with E-state index in [0.717, 1.165) is 24.8 Å². The van der Waals surface area contributed by atoms with Gasteiger partial charge in [0.15, 0.2) is 0 Å². The van der Waals surface area contributed by atoms with Gasteiger partial charge in [0.05, 0.1) is 0 Å². The predicted molar refractivity (Wildman–Crippen MR) is 114 cm³/mol. The molecule has 0 aromatic heterocycles. The number of rotatable bonds is 7. The minimum atomic E-state index is -0.582. The molecule has 1 heterocycles. The van der Waals surface area contributed by atoms with Gasteiger partial charge in [-0.15, -0.1) is 0 Å². The Bertz CT molecular complexity index is 811. The standard InChI is InChI=1S/C25H31NO3/c1-25(2,3)29-24(28)22(18-20-12-8-5-9-13-20)26-17-16-21(23(26)27)15-14-19-10-6-4-7-11-19/h4-13,21-22H,14-18H2,1-3H3/t21?,22-/m0/s1. The van der Waals surface area contributed by atoms with Crippen molar-refractivity contribution in [2.75, 3.05) is 6.54 Å². The number of esters is 1. The summed E-state index contributed by atoms with van der Waals surface area (Å²) < 4.78 is 5.66. The zero-order valence-electron chi connectivity index (χ0n) is 17.6. The highest BCUT2D eigenvalue weighted by atomic mass is 16.6. The van der Waals surface area contributed by atoms with Crippen LogP contribution in [-0.2, 0) is 27.2 Å². The van der Waals surface area contributed by atoms with Crippen LogP contribution in [0, 0.1) is 5.92 Å². The van der Waals surface area contributed by atoms with E-state index < -0.39 is 11.6 Å². The van der Waals surface area contributed by atoms with Crippen molar-refractivity contribution in [3.63, 3.8) is 0 Å². The molecule has 2 aromatic carbocycles. The summed E-state index contributed by atoms with van der Waals surface area (Å²) in [5.41, 5.74) is 1.69. The van der Waals surface area contributed by atoms with Gasteiger partial charge in [0.1, 0.15) is 11.6 Å². The second-order valence-corrected chi connectivity index (χ2v) is 8.78. The van der Waals surface area contributed by atoms with Crippen LogP contribution in [0.15, 0.2) is 60.7 Å². The number of hydrogen-bond acceptors (Lipinski definition) is 3. The molecule has 4 nitrogen and oxygen atoms in total. The average molecular weight is 394 g/mol. The summed E-state index contributed by atoms with van der Waals surface area (Å²) in [6.45, 7) is 6.19. The molecule has 0 N–H and O–H groups in total. The molecule has 0 radical (unpaired) electrons. The average Bonchev–Trinajstić information content (AvgIpc) is 3.05. The maximum Gasteiger partial charge on any atom is 0.329 e. The van der Waals surface area contributed by atoms with Gasteiger partial charge in [-0.25, -0.2) is 4.79 Å². The lowest BCUT2D eigenvalue weighted by Gasteiger charge is -2.30. The van der Waals surface area contributed by atoms with Crippen LogP contribution in [-0.4, -0.2) is 35.0 Å². The first-order valence-electron chi connectivity index (χ1n) is 10.4. The molecule has 0 aliphatic carbocycles. The summed E-state index contributed by atoms with van der Waals surface area (Å²) >= 11 is 0. The molecular formula is C25H31NO3. The lowest BCUT2D eigenvalue weighted by atomic mass is 9.98. The number of ether oxygens (including phenoxy) is 1. The van der Waals surface area contributed by atoms with E-state index in [1.54, 1.807) is 4.90 Å². The monoisotopic (exact) mass is 393 g/mol. The van der Waals surface area contributed by atoms with E-state index in [0.29, 0.717) is 13.0 Å². The van der Waals surface area contributed by atoms with E-state index in [9.17, 15) is 9.59 Å². The molecule has 1 unspecified atom stereocenters. The maximum absolute atomic E-state index is 13.1. The molecule has 154 valence electrons. The molecule has 0 saturated carbocycles. The Hall–Kier alpha value is -2.62. The van der Waals surface area contributed by atoms with Crippen LogP contribution in [0.3, 0.4) is 0 Å². The Labute approximate surface area is 173 Å². The normalized spacial score (nSPS) is 18.0. The van der Waals surface area contributed by atoms with E-state index in [-0.39, 0.29) is 17.8 Å². The fraction of sp³-hybridized carbons (Fsp3) is 0.440. The van der Waals surface area contributed by atoms with Gasteiger partial charge in [-0.3, -0.25) is 4.79 Å². The van der Waals surface area contributed by atoms with Crippen molar-refractivity contribution < 1.29 is 14.3 Å². The summed E-state index contributed by atoms with van der Waals surface area (Å²) in [5, 5.41) is 0. The highest BCUT2D eigenvalue weighted by Gasteiger charge is 2.40. The first-order chi connectivity index (χ1) is 13.8. The van der Waals surface area contributed by atoms with Gasteiger partial charge < -0.3 is 9.64 Å². The summed E-state index contributed by atoms with van der Waals surface area (Å²) in [4.78, 5) is 27.9. The quantitative estimate of drug-likeness (QED) is 0.654. The second-order valence-electron chi connectivity index (χ2n) is 8.78. The highest BCUT2D eigenvalue weighted by molar-refractivity contribution is 5.87. The molecule has 1 amide bonds. The lowest BCUT2D eigenvalue weighted by molar-refractivity contribution is -0.164. The van der Waals surface area contributed by atoms with Gasteiger partial charge in [0.25, 0.3) is 0 Å². The maximum atomic E-state index is 13.1. The summed E-state index contributed by atoms with van der Waals surface area (Å²) in [6, 6.07) is 19.5. The van der Waals surface area contributed by atoms with Crippen LogP contribution >= 0.6 is 0 Å². The zero-order valence-corrected chi connectivity index (χ0v) is 17.6. The Kier molecular flexibility index (Phi) is 6.73. The van der Waals surface area contributed by atoms with E-state index in [2.05, 4.69) is 12.1 Å². The third kappa shape index (κ3) is 5.93. The van der Waals surface area contributed by atoms with Crippen molar-refractivity contribution in [3.8, 4) is 0 Å². The number of aryl methyl sites for hydroxylation is 1. The summed E-state index contributed by atoms with van der Waals surface area (Å²) in [6.07, 6.45) is 2.96. The van der Waals surface area contributed by atoms with Crippen molar-refractivity contribution in [2.45, 2.75) is 58.1 Å². The molecule has 3 rings (SSSR count). The lowest BCUT2D eigenvalue weighted by Crippen LogP contribution is -2.47. The minimum absolute atomic E-state index is 0.0316. The van der Waals surface area contributed by atoms with E-state index >= 15 is 0 Å². The number of carbonyl (C=O) groups is 2. The molecule has 1 saturated heterocycles. The Morgan fingerprint density at radius 1 is 1.03 bits per heavy atom. The van der Waals surface area contributed by atoms with Gasteiger partial charge in [-0.2, -0.15) is 0 Å². The Morgan fingerprint density at radius 3 is 2.21 bits per heavy atom. The highest BCUT2D eigenvalue weighted by Crippen LogP contribution is 2.27. The molecule has 2 aromatic rings. The van der Waals surface area contributed by atoms with Crippen molar-refractivity contribution in [1.29, 1.82) is 0 Å². The molecule has 1 aliphatic rings. The topological polar surface area (TPSA) is 46.6 Å². The van der Waals surface area contributed by atoms with E-state index in [1.165, 1.54) is 5.56 Å². The third-order valence-electron chi connectivity index (χ3n) is 5.30. The number of benzene rings is 2. The van der Waals surface area contributed by atoms with E-state index in [1.807, 2.05) is 69.3 Å². The summed E-state index contributed by atoms with van der Waals surface area (Å²) in [7, 11) is 0. The molecule has 0 bridgehead atoms. The van der Waals surface area contributed by atoms with Crippen molar-refractivity contribution in [1.82, 2.24) is 4.90 Å². The fourth-order valence-electron chi connectivity index (χ4n) is 3.85. The number of hydrogen-bond donors (Lipinski definition) is 0. The van der Waals surface area contributed by atoms with Gasteiger partial charge in [-0.05, 0) is 51.2 Å². The van der Waals surface area contributed by atoms with Crippen LogP contribution in [0.2, 0.25) is 0 Å². The fourth-order valence-corrected chi connectivity index (χ4v) is 3.85. The van der Waals surface area contributed by atoms with Crippen LogP contribution in [0.5, 0.6) is 0 Å². The number of amides is 1. The van der Waals surface area contributed by atoms with Crippen molar-refractivity contribution >= 4 is 11.9 Å². The molecule has 2 atom stereocenters. The number of carbonyl (C=O) groups excluding carboxylic acids is 2. The number of likely N-dealkylation sites (tertiary alicyclic amines) is 1. The van der Waals surface area contributed by atoms with Crippen molar-refractivity contribution in [3.05, 3.63) is 71.8 Å². The molecular weight excluding hydrogens is 362 g/mol.